The first-order valence-corrected chi connectivity index (χ1v) is 7.70. The Morgan fingerprint density at radius 1 is 1.17 bits per heavy atom. The first-order valence-electron chi connectivity index (χ1n) is 7.70. The Bertz CT molecular complexity index is 655. The molecule has 0 aliphatic carbocycles. The molecule has 2 aromatic rings. The van der Waals surface area contributed by atoms with Crippen LogP contribution in [0.3, 0.4) is 0 Å². The standard InChI is InChI=1S/C16H20N6O/c1-13(23)21-7-9-22(10-8-21)15-12-18-20-16(19-15)17-11-14-5-3-2-4-6-14/h2-6,12H,7-11H2,1H3,(H,17,19,20). The molecular weight excluding hydrogens is 292 g/mol. The number of anilines is 2. The first-order chi connectivity index (χ1) is 11.2. The lowest BCUT2D eigenvalue weighted by Gasteiger charge is -2.34. The third-order valence-electron chi connectivity index (χ3n) is 3.89. The van der Waals surface area contributed by atoms with Gasteiger partial charge < -0.3 is 15.1 Å². The number of benzene rings is 1. The summed E-state index contributed by atoms with van der Waals surface area (Å²) in [7, 11) is 0. The molecule has 1 N–H and O–H groups in total. The van der Waals surface area contributed by atoms with Gasteiger partial charge in [0.05, 0.1) is 6.20 Å². The largest absolute Gasteiger partial charge is 0.352 e. The molecule has 1 aromatic heterocycles. The van der Waals surface area contributed by atoms with E-state index in [1.807, 2.05) is 35.2 Å². The Morgan fingerprint density at radius 3 is 2.61 bits per heavy atom. The van der Waals surface area contributed by atoms with Crippen molar-refractivity contribution in [2.75, 3.05) is 36.4 Å². The molecule has 1 fully saturated rings. The molecule has 1 aliphatic rings. The molecule has 7 nitrogen and oxygen atoms in total. The molecule has 0 bridgehead atoms. The molecule has 0 radical (unpaired) electrons. The summed E-state index contributed by atoms with van der Waals surface area (Å²) < 4.78 is 0. The number of nitrogens with one attached hydrogen (secondary N) is 1. The minimum absolute atomic E-state index is 0.121. The fourth-order valence-electron chi connectivity index (χ4n) is 2.55. The number of rotatable bonds is 4. The summed E-state index contributed by atoms with van der Waals surface area (Å²) in [4.78, 5) is 19.9. The predicted octanol–water partition coefficient (Wildman–Crippen LogP) is 1.15. The van der Waals surface area contributed by atoms with E-state index < -0.39 is 0 Å². The van der Waals surface area contributed by atoms with Gasteiger partial charge in [-0.25, -0.2) is 0 Å². The third-order valence-corrected chi connectivity index (χ3v) is 3.89. The van der Waals surface area contributed by atoms with Crippen LogP contribution in [0.2, 0.25) is 0 Å². The summed E-state index contributed by atoms with van der Waals surface area (Å²) >= 11 is 0. The van der Waals surface area contributed by atoms with Crippen LogP contribution in [0.15, 0.2) is 36.5 Å². The van der Waals surface area contributed by atoms with E-state index in [2.05, 4.69) is 25.4 Å². The molecule has 1 aromatic carbocycles. The third kappa shape index (κ3) is 3.94. The SMILES string of the molecule is CC(=O)N1CCN(c2cnnc(NCc3ccccc3)n2)CC1. The Labute approximate surface area is 135 Å². The van der Waals surface area contributed by atoms with Gasteiger partial charge in [0, 0.05) is 39.6 Å². The van der Waals surface area contributed by atoms with Gasteiger partial charge in [-0.2, -0.15) is 10.1 Å². The van der Waals surface area contributed by atoms with Crippen LogP contribution in [0.4, 0.5) is 11.8 Å². The number of carbonyl (C=O) groups excluding carboxylic acids is 1. The topological polar surface area (TPSA) is 74.2 Å². The average molecular weight is 312 g/mol. The van der Waals surface area contributed by atoms with Crippen molar-refractivity contribution in [1.82, 2.24) is 20.1 Å². The van der Waals surface area contributed by atoms with E-state index in [0.29, 0.717) is 25.6 Å². The molecule has 2 heterocycles. The zero-order valence-corrected chi connectivity index (χ0v) is 13.1. The van der Waals surface area contributed by atoms with E-state index in [9.17, 15) is 4.79 Å². The second-order valence-electron chi connectivity index (χ2n) is 5.47. The molecule has 1 aliphatic heterocycles. The lowest BCUT2D eigenvalue weighted by molar-refractivity contribution is -0.129. The molecular formula is C16H20N6O. The summed E-state index contributed by atoms with van der Waals surface area (Å²) in [6.07, 6.45) is 1.66. The van der Waals surface area contributed by atoms with Crippen molar-refractivity contribution in [3.63, 3.8) is 0 Å². The van der Waals surface area contributed by atoms with Crippen LogP contribution >= 0.6 is 0 Å². The van der Waals surface area contributed by atoms with E-state index >= 15 is 0 Å². The van der Waals surface area contributed by atoms with Gasteiger partial charge in [0.25, 0.3) is 0 Å². The lowest BCUT2D eigenvalue weighted by atomic mass is 10.2. The monoisotopic (exact) mass is 312 g/mol. The second-order valence-corrected chi connectivity index (χ2v) is 5.47. The molecule has 3 rings (SSSR count). The molecule has 0 spiro atoms. The summed E-state index contributed by atoms with van der Waals surface area (Å²) in [6, 6.07) is 10.1. The molecule has 23 heavy (non-hydrogen) atoms. The summed E-state index contributed by atoms with van der Waals surface area (Å²) in [6.45, 7) is 5.21. The van der Waals surface area contributed by atoms with Crippen molar-refractivity contribution >= 4 is 17.7 Å². The van der Waals surface area contributed by atoms with Gasteiger partial charge in [-0.1, -0.05) is 30.3 Å². The maximum atomic E-state index is 11.4. The molecule has 0 atom stereocenters. The van der Waals surface area contributed by atoms with Gasteiger partial charge in [-0.05, 0) is 5.56 Å². The van der Waals surface area contributed by atoms with Crippen molar-refractivity contribution in [3.8, 4) is 0 Å². The smallest absolute Gasteiger partial charge is 0.244 e. The fourth-order valence-corrected chi connectivity index (χ4v) is 2.55. The van der Waals surface area contributed by atoms with Gasteiger partial charge in [-0.15, -0.1) is 5.10 Å². The number of amides is 1. The number of nitrogens with zero attached hydrogens (tertiary/aromatic N) is 5. The van der Waals surface area contributed by atoms with Crippen molar-refractivity contribution < 1.29 is 4.79 Å². The average Bonchev–Trinajstić information content (AvgIpc) is 2.61. The number of piperazine rings is 1. The van der Waals surface area contributed by atoms with Crippen LogP contribution in [-0.2, 0) is 11.3 Å². The summed E-state index contributed by atoms with van der Waals surface area (Å²) in [5, 5.41) is 11.2. The van der Waals surface area contributed by atoms with E-state index in [1.54, 1.807) is 13.1 Å². The minimum atomic E-state index is 0.121. The highest BCUT2D eigenvalue weighted by molar-refractivity contribution is 5.73. The maximum Gasteiger partial charge on any atom is 0.244 e. The van der Waals surface area contributed by atoms with E-state index in [0.717, 1.165) is 24.5 Å². The quantitative estimate of drug-likeness (QED) is 0.913. The molecule has 120 valence electrons. The van der Waals surface area contributed by atoms with E-state index in [1.165, 1.54) is 0 Å². The van der Waals surface area contributed by atoms with Crippen LogP contribution in [0.25, 0.3) is 0 Å². The molecule has 1 amide bonds. The second kappa shape index (κ2) is 7.04. The highest BCUT2D eigenvalue weighted by Crippen LogP contribution is 2.14. The van der Waals surface area contributed by atoms with Crippen molar-refractivity contribution in [3.05, 3.63) is 42.1 Å². The Hall–Kier alpha value is -2.70. The highest BCUT2D eigenvalue weighted by atomic mass is 16.2. The van der Waals surface area contributed by atoms with Gasteiger partial charge in [0.2, 0.25) is 11.9 Å². The summed E-state index contributed by atoms with van der Waals surface area (Å²) in [5.74, 6) is 1.43. The lowest BCUT2D eigenvalue weighted by Crippen LogP contribution is -2.48. The van der Waals surface area contributed by atoms with Gasteiger partial charge >= 0.3 is 0 Å². The van der Waals surface area contributed by atoms with Crippen molar-refractivity contribution in [2.24, 2.45) is 0 Å². The number of carbonyl (C=O) groups is 1. The number of hydrogen-bond acceptors (Lipinski definition) is 6. The number of hydrogen-bond donors (Lipinski definition) is 1. The zero-order valence-electron chi connectivity index (χ0n) is 13.1. The van der Waals surface area contributed by atoms with E-state index in [4.69, 9.17) is 0 Å². The van der Waals surface area contributed by atoms with Gasteiger partial charge in [-0.3, -0.25) is 4.79 Å². The Morgan fingerprint density at radius 2 is 1.91 bits per heavy atom. The van der Waals surface area contributed by atoms with E-state index in [-0.39, 0.29) is 5.91 Å². The Balaban J connectivity index is 1.60. The van der Waals surface area contributed by atoms with Crippen LogP contribution in [0.5, 0.6) is 0 Å². The summed E-state index contributed by atoms with van der Waals surface area (Å²) in [5.41, 5.74) is 1.16. The molecule has 7 heteroatoms. The van der Waals surface area contributed by atoms with Crippen LogP contribution in [0.1, 0.15) is 12.5 Å². The van der Waals surface area contributed by atoms with Crippen LogP contribution < -0.4 is 10.2 Å². The maximum absolute atomic E-state index is 11.4. The molecule has 0 saturated carbocycles. The predicted molar refractivity (Wildman–Crippen MR) is 88.1 cm³/mol. The van der Waals surface area contributed by atoms with Crippen LogP contribution in [0, 0.1) is 0 Å². The van der Waals surface area contributed by atoms with Gasteiger partial charge in [0.15, 0.2) is 5.82 Å². The van der Waals surface area contributed by atoms with Gasteiger partial charge in [0.1, 0.15) is 0 Å². The zero-order chi connectivity index (χ0) is 16.1. The molecule has 0 unspecified atom stereocenters. The highest BCUT2D eigenvalue weighted by Gasteiger charge is 2.20. The fraction of sp³-hybridized carbons (Fsp3) is 0.375. The normalized spacial score (nSPS) is 14.7. The number of aromatic nitrogens is 3. The van der Waals surface area contributed by atoms with Crippen molar-refractivity contribution in [1.29, 1.82) is 0 Å². The minimum Gasteiger partial charge on any atom is -0.352 e. The first kappa shape index (κ1) is 15.2. The van der Waals surface area contributed by atoms with Crippen molar-refractivity contribution in [2.45, 2.75) is 13.5 Å². The molecule has 1 saturated heterocycles. The Kier molecular flexibility index (Phi) is 4.65. The van der Waals surface area contributed by atoms with Crippen LogP contribution in [-0.4, -0.2) is 52.2 Å².